The molecule has 1 saturated heterocycles. The summed E-state index contributed by atoms with van der Waals surface area (Å²) in [6, 6.07) is 3.45. The van der Waals surface area contributed by atoms with Gasteiger partial charge in [-0.1, -0.05) is 0 Å². The summed E-state index contributed by atoms with van der Waals surface area (Å²) in [4.78, 5) is -0.0740. The average molecular weight is 335 g/mol. The summed E-state index contributed by atoms with van der Waals surface area (Å²) in [6.45, 7) is 0.537. The lowest BCUT2D eigenvalue weighted by molar-refractivity contribution is 0.127. The van der Waals surface area contributed by atoms with Gasteiger partial charge in [0.1, 0.15) is 5.75 Å². The number of benzene rings is 1. The number of hydrogen-bond donors (Lipinski definition) is 2. The molecule has 2 N–H and O–H groups in total. The molecule has 0 amide bonds. The number of aromatic hydroxyl groups is 1. The molecule has 9 heteroatoms. The van der Waals surface area contributed by atoms with Crippen molar-refractivity contribution in [3.63, 3.8) is 0 Å². The summed E-state index contributed by atoms with van der Waals surface area (Å²) in [7, 11) is -7.22. The van der Waals surface area contributed by atoms with Crippen LogP contribution in [0.25, 0.3) is 0 Å². The van der Waals surface area contributed by atoms with E-state index in [0.29, 0.717) is 13.0 Å². The topological polar surface area (TPSA) is 110 Å². The van der Waals surface area contributed by atoms with E-state index in [4.69, 9.17) is 4.74 Å². The lowest BCUT2D eigenvalue weighted by Gasteiger charge is -2.13. The Morgan fingerprint density at radius 2 is 2.05 bits per heavy atom. The Morgan fingerprint density at radius 3 is 2.62 bits per heavy atom. The van der Waals surface area contributed by atoms with Gasteiger partial charge < -0.3 is 9.84 Å². The number of anilines is 1. The van der Waals surface area contributed by atoms with Crippen LogP contribution >= 0.6 is 0 Å². The molecule has 0 bridgehead atoms. The maximum atomic E-state index is 12.0. The van der Waals surface area contributed by atoms with E-state index in [0.717, 1.165) is 24.8 Å². The molecule has 7 nitrogen and oxygen atoms in total. The molecule has 1 unspecified atom stereocenters. The number of sulfone groups is 1. The molecule has 1 atom stereocenters. The molecule has 1 fully saturated rings. The smallest absolute Gasteiger partial charge is 0.235 e. The van der Waals surface area contributed by atoms with Crippen molar-refractivity contribution >= 4 is 25.5 Å². The predicted octanol–water partition coefficient (Wildman–Crippen LogP) is 0.716. The van der Waals surface area contributed by atoms with E-state index in [1.54, 1.807) is 0 Å². The molecule has 118 valence electrons. The first-order valence-electron chi connectivity index (χ1n) is 6.32. The molecular weight excluding hydrogens is 318 g/mol. The second-order valence-corrected chi connectivity index (χ2v) is 8.75. The Morgan fingerprint density at radius 1 is 1.33 bits per heavy atom. The van der Waals surface area contributed by atoms with Crippen LogP contribution in [0, 0.1) is 0 Å². The number of hydrogen-bond acceptors (Lipinski definition) is 6. The van der Waals surface area contributed by atoms with E-state index in [1.165, 1.54) is 6.07 Å². The molecule has 1 aliphatic rings. The van der Waals surface area contributed by atoms with E-state index in [1.807, 2.05) is 0 Å². The first kappa shape index (κ1) is 16.1. The van der Waals surface area contributed by atoms with Crippen LogP contribution in [-0.2, 0) is 24.6 Å². The summed E-state index contributed by atoms with van der Waals surface area (Å²) in [5, 5.41) is 9.67. The monoisotopic (exact) mass is 335 g/mol. The molecule has 0 radical (unpaired) electrons. The van der Waals surface area contributed by atoms with Crippen LogP contribution in [0.4, 0.5) is 5.69 Å². The molecule has 0 saturated carbocycles. The number of phenols is 1. The lowest BCUT2D eigenvalue weighted by atomic mass is 10.3. The van der Waals surface area contributed by atoms with Crippen molar-refractivity contribution in [2.75, 3.05) is 23.3 Å². The number of phenolic OH excluding ortho intramolecular Hbond substituents is 1. The Labute approximate surface area is 123 Å². The van der Waals surface area contributed by atoms with E-state index in [2.05, 4.69) is 4.72 Å². The highest BCUT2D eigenvalue weighted by Crippen LogP contribution is 2.28. The molecule has 1 aliphatic heterocycles. The quantitative estimate of drug-likeness (QED) is 0.767. The Bertz CT molecular complexity index is 720. The van der Waals surface area contributed by atoms with Gasteiger partial charge in [0.05, 0.1) is 22.4 Å². The molecule has 2 rings (SSSR count). The van der Waals surface area contributed by atoms with Gasteiger partial charge in [-0.25, -0.2) is 16.8 Å². The normalized spacial score (nSPS) is 19.6. The van der Waals surface area contributed by atoms with Crippen molar-refractivity contribution in [3.05, 3.63) is 18.2 Å². The van der Waals surface area contributed by atoms with Gasteiger partial charge in [-0.3, -0.25) is 4.72 Å². The van der Waals surface area contributed by atoms with Crippen molar-refractivity contribution in [1.29, 1.82) is 0 Å². The second-order valence-electron chi connectivity index (χ2n) is 4.97. The zero-order valence-corrected chi connectivity index (χ0v) is 13.1. The average Bonchev–Trinajstić information content (AvgIpc) is 2.82. The maximum Gasteiger partial charge on any atom is 0.235 e. The number of rotatable bonds is 5. The molecule has 1 heterocycles. The molecular formula is C12H17NO6S2. The van der Waals surface area contributed by atoms with E-state index in [9.17, 15) is 21.9 Å². The van der Waals surface area contributed by atoms with Crippen LogP contribution in [0.15, 0.2) is 23.1 Å². The van der Waals surface area contributed by atoms with Crippen LogP contribution in [-0.4, -0.2) is 46.7 Å². The number of ether oxygens (including phenoxy) is 1. The summed E-state index contributed by atoms with van der Waals surface area (Å²) < 4.78 is 54.4. The lowest BCUT2D eigenvalue weighted by Crippen LogP contribution is -2.25. The zero-order valence-electron chi connectivity index (χ0n) is 11.4. The fraction of sp³-hybridized carbons (Fsp3) is 0.500. The minimum absolute atomic E-state index is 0.0740. The van der Waals surface area contributed by atoms with Gasteiger partial charge in [0.25, 0.3) is 0 Å². The summed E-state index contributed by atoms with van der Waals surface area (Å²) in [6.07, 6.45) is 2.11. The minimum Gasteiger partial charge on any atom is -0.506 e. The Hall–Kier alpha value is -1.32. The Balaban J connectivity index is 2.21. The highest BCUT2D eigenvalue weighted by molar-refractivity contribution is 7.92. The van der Waals surface area contributed by atoms with Gasteiger partial charge >= 0.3 is 0 Å². The third kappa shape index (κ3) is 4.32. The summed E-state index contributed by atoms with van der Waals surface area (Å²) in [5.41, 5.74) is -0.157. The summed E-state index contributed by atoms with van der Waals surface area (Å²) in [5.74, 6) is -0.562. The van der Waals surface area contributed by atoms with Crippen molar-refractivity contribution < 1.29 is 26.7 Å². The molecule has 1 aromatic rings. The largest absolute Gasteiger partial charge is 0.506 e. The Kier molecular flexibility index (Phi) is 4.45. The highest BCUT2D eigenvalue weighted by Gasteiger charge is 2.24. The van der Waals surface area contributed by atoms with Crippen molar-refractivity contribution in [2.24, 2.45) is 0 Å². The molecule has 0 spiro atoms. The minimum atomic E-state index is -3.73. The van der Waals surface area contributed by atoms with Crippen LogP contribution in [0.1, 0.15) is 12.8 Å². The van der Waals surface area contributed by atoms with Gasteiger partial charge in [0.2, 0.25) is 10.0 Å². The second kappa shape index (κ2) is 5.82. The zero-order chi connectivity index (χ0) is 15.7. The highest BCUT2D eigenvalue weighted by atomic mass is 32.2. The van der Waals surface area contributed by atoms with Gasteiger partial charge in [-0.15, -0.1) is 0 Å². The fourth-order valence-corrected chi connectivity index (χ4v) is 4.04. The van der Waals surface area contributed by atoms with Gasteiger partial charge in [-0.2, -0.15) is 0 Å². The van der Waals surface area contributed by atoms with Gasteiger partial charge in [0, 0.05) is 12.9 Å². The number of nitrogens with one attached hydrogen (secondary N) is 1. The first-order valence-corrected chi connectivity index (χ1v) is 9.87. The van der Waals surface area contributed by atoms with Crippen LogP contribution in [0.3, 0.4) is 0 Å². The molecule has 21 heavy (non-hydrogen) atoms. The van der Waals surface area contributed by atoms with E-state index in [-0.39, 0.29) is 28.2 Å². The fourth-order valence-electron chi connectivity index (χ4n) is 2.06. The number of sulfonamides is 1. The van der Waals surface area contributed by atoms with Crippen LogP contribution < -0.4 is 4.72 Å². The SMILES string of the molecule is CS(=O)(=O)c1ccc(O)c(NS(=O)(=O)CC2CCCO2)c1. The van der Waals surface area contributed by atoms with E-state index >= 15 is 0 Å². The molecule has 0 aromatic heterocycles. The molecule has 1 aromatic carbocycles. The van der Waals surface area contributed by atoms with Crippen LogP contribution in [0.5, 0.6) is 5.75 Å². The summed E-state index contributed by atoms with van der Waals surface area (Å²) >= 11 is 0. The maximum absolute atomic E-state index is 12.0. The van der Waals surface area contributed by atoms with Crippen molar-refractivity contribution in [2.45, 2.75) is 23.8 Å². The third-order valence-electron chi connectivity index (χ3n) is 3.09. The van der Waals surface area contributed by atoms with Crippen molar-refractivity contribution in [3.8, 4) is 5.75 Å². The predicted molar refractivity (Wildman–Crippen MR) is 77.6 cm³/mol. The van der Waals surface area contributed by atoms with Gasteiger partial charge in [-0.05, 0) is 31.0 Å². The van der Waals surface area contributed by atoms with Crippen LogP contribution in [0.2, 0.25) is 0 Å². The standard InChI is InChI=1S/C12H17NO6S2/c1-20(15,16)10-4-5-12(14)11(7-10)13-21(17,18)8-9-3-2-6-19-9/h4-5,7,9,13-14H,2-3,6,8H2,1H3. The van der Waals surface area contributed by atoms with Crippen molar-refractivity contribution in [1.82, 2.24) is 0 Å². The van der Waals surface area contributed by atoms with Gasteiger partial charge in [0.15, 0.2) is 9.84 Å². The molecule has 0 aliphatic carbocycles. The third-order valence-corrected chi connectivity index (χ3v) is 5.54. The first-order chi connectivity index (χ1) is 9.67. The van der Waals surface area contributed by atoms with E-state index < -0.39 is 19.9 Å².